The van der Waals surface area contributed by atoms with Crippen LogP contribution in [0.4, 0.5) is 23.2 Å². The first-order valence-electron chi connectivity index (χ1n) is 12.5. The fraction of sp³-hybridized carbons (Fsp3) is 0.519. The molecule has 0 bridgehead atoms. The first-order valence-corrected chi connectivity index (χ1v) is 12.5. The monoisotopic (exact) mass is 489 g/mol. The lowest BCUT2D eigenvalue weighted by atomic mass is 9.82. The molecule has 1 saturated carbocycles. The van der Waals surface area contributed by atoms with Crippen LogP contribution in [0.5, 0.6) is 0 Å². The van der Waals surface area contributed by atoms with Gasteiger partial charge in [0.15, 0.2) is 0 Å². The van der Waals surface area contributed by atoms with Gasteiger partial charge in [-0.1, -0.05) is 31.4 Å². The van der Waals surface area contributed by atoms with E-state index in [2.05, 4.69) is 15.1 Å². The van der Waals surface area contributed by atoms with Crippen molar-refractivity contribution in [3.05, 3.63) is 65.0 Å². The quantitative estimate of drug-likeness (QED) is 0.603. The molecule has 2 fully saturated rings. The molecule has 2 aliphatic heterocycles. The number of amides is 1. The Morgan fingerprint density at radius 1 is 1.00 bits per heavy atom. The Kier molecular flexibility index (Phi) is 6.75. The predicted molar refractivity (Wildman–Crippen MR) is 126 cm³/mol. The molecule has 2 aromatic rings. The van der Waals surface area contributed by atoms with Crippen molar-refractivity contribution < 1.29 is 22.4 Å². The highest BCUT2D eigenvalue weighted by atomic mass is 19.4. The van der Waals surface area contributed by atoms with E-state index >= 15 is 0 Å². The highest BCUT2D eigenvalue weighted by Crippen LogP contribution is 2.40. The molecular formula is C27H31F4N3O. The zero-order valence-electron chi connectivity index (χ0n) is 19.7. The average molecular weight is 490 g/mol. The molecular weight excluding hydrogens is 458 g/mol. The first-order chi connectivity index (χ1) is 16.8. The Morgan fingerprint density at radius 3 is 2.46 bits per heavy atom. The van der Waals surface area contributed by atoms with Gasteiger partial charge in [-0.05, 0) is 60.7 Å². The molecule has 0 radical (unpaired) electrons. The van der Waals surface area contributed by atoms with Gasteiger partial charge in [-0.15, -0.1) is 0 Å². The lowest BCUT2D eigenvalue weighted by Crippen LogP contribution is -2.61. The number of carbonyl (C=O) groups excluding carboxylic acids is 1. The topological polar surface area (TPSA) is 35.6 Å². The third-order valence-electron chi connectivity index (χ3n) is 7.73. The largest absolute Gasteiger partial charge is 0.416 e. The van der Waals surface area contributed by atoms with Gasteiger partial charge in [0.05, 0.1) is 17.5 Å². The van der Waals surface area contributed by atoms with Crippen LogP contribution in [0.3, 0.4) is 0 Å². The fourth-order valence-corrected chi connectivity index (χ4v) is 5.91. The minimum atomic E-state index is -4.42. The van der Waals surface area contributed by atoms with Crippen LogP contribution < -0.4 is 10.2 Å². The molecule has 0 spiro atoms. The Labute approximate surface area is 203 Å². The summed E-state index contributed by atoms with van der Waals surface area (Å²) in [4.78, 5) is 17.9. The number of carbonyl (C=O) groups is 1. The van der Waals surface area contributed by atoms with Gasteiger partial charge in [0.1, 0.15) is 5.82 Å². The van der Waals surface area contributed by atoms with Gasteiger partial charge in [-0.2, -0.15) is 13.2 Å². The van der Waals surface area contributed by atoms with Gasteiger partial charge in [-0.3, -0.25) is 9.69 Å². The van der Waals surface area contributed by atoms with Crippen molar-refractivity contribution in [2.24, 2.45) is 5.92 Å². The second kappa shape index (κ2) is 9.80. The molecule has 5 rings (SSSR count). The molecule has 2 atom stereocenters. The van der Waals surface area contributed by atoms with E-state index in [-0.39, 0.29) is 23.8 Å². The number of alkyl halides is 3. The minimum absolute atomic E-state index is 0.0569. The molecule has 188 valence electrons. The van der Waals surface area contributed by atoms with Crippen LogP contribution in [0, 0.1) is 11.7 Å². The number of rotatable bonds is 4. The smallest absolute Gasteiger partial charge is 0.365 e. The number of hydrogen-bond donors (Lipinski definition) is 1. The molecule has 2 heterocycles. The van der Waals surface area contributed by atoms with Gasteiger partial charge in [-0.25, -0.2) is 4.39 Å². The maximum Gasteiger partial charge on any atom is 0.416 e. The maximum atomic E-state index is 13.5. The van der Waals surface area contributed by atoms with Gasteiger partial charge in [0, 0.05) is 37.9 Å². The van der Waals surface area contributed by atoms with Crippen molar-refractivity contribution in [1.82, 2.24) is 10.2 Å². The standard InChI is InChI=1S/C27H31F4N3O/c28-21-9-6-18(7-10-21)16-33-12-13-34-24-11-8-20(27(29,30)31)14-19(24)15-23(25(34)17-33)26(35)32-22-4-2-1-3-5-22/h6-11,14,22-23,25H,1-5,12-13,15-17H2,(H,32,35)/t23-,25+/m1/s1. The van der Waals surface area contributed by atoms with E-state index < -0.39 is 17.7 Å². The van der Waals surface area contributed by atoms with Gasteiger partial charge in [0.2, 0.25) is 5.91 Å². The van der Waals surface area contributed by atoms with E-state index in [9.17, 15) is 22.4 Å². The van der Waals surface area contributed by atoms with Crippen LogP contribution in [-0.4, -0.2) is 42.5 Å². The van der Waals surface area contributed by atoms with Crippen LogP contribution >= 0.6 is 0 Å². The van der Waals surface area contributed by atoms with E-state index in [1.807, 2.05) is 0 Å². The second-order valence-corrected chi connectivity index (χ2v) is 10.1. The predicted octanol–water partition coefficient (Wildman–Crippen LogP) is 5.16. The van der Waals surface area contributed by atoms with E-state index in [1.54, 1.807) is 18.2 Å². The van der Waals surface area contributed by atoms with Crippen molar-refractivity contribution in [2.45, 2.75) is 63.3 Å². The molecule has 1 saturated heterocycles. The number of nitrogens with one attached hydrogen (secondary N) is 1. The van der Waals surface area contributed by atoms with E-state index in [4.69, 9.17) is 0 Å². The summed E-state index contributed by atoms with van der Waals surface area (Å²) in [6, 6.07) is 10.4. The molecule has 1 aliphatic carbocycles. The van der Waals surface area contributed by atoms with Crippen molar-refractivity contribution in [1.29, 1.82) is 0 Å². The SMILES string of the molecule is O=C(NC1CCCCC1)[C@@H]1Cc2cc(C(F)(F)F)ccc2N2CCN(Cc3ccc(F)cc3)C[C@@H]12. The molecule has 0 aromatic heterocycles. The van der Waals surface area contributed by atoms with Crippen LogP contribution in [-0.2, 0) is 23.9 Å². The van der Waals surface area contributed by atoms with E-state index in [0.29, 0.717) is 38.2 Å². The van der Waals surface area contributed by atoms with Crippen molar-refractivity contribution >= 4 is 11.6 Å². The molecule has 1 amide bonds. The van der Waals surface area contributed by atoms with Crippen molar-refractivity contribution in [2.75, 3.05) is 24.5 Å². The summed E-state index contributed by atoms with van der Waals surface area (Å²) in [5.41, 5.74) is 1.71. The summed E-state index contributed by atoms with van der Waals surface area (Å²) in [7, 11) is 0. The van der Waals surface area contributed by atoms with E-state index in [1.165, 1.54) is 24.6 Å². The lowest BCUT2D eigenvalue weighted by molar-refractivity contribution is -0.137. The molecule has 35 heavy (non-hydrogen) atoms. The van der Waals surface area contributed by atoms with Gasteiger partial charge >= 0.3 is 6.18 Å². The highest BCUT2D eigenvalue weighted by molar-refractivity contribution is 5.82. The molecule has 2 aromatic carbocycles. The Bertz CT molecular complexity index is 1050. The number of benzene rings is 2. The number of fused-ring (bicyclic) bond motifs is 3. The minimum Gasteiger partial charge on any atom is -0.365 e. The van der Waals surface area contributed by atoms with Crippen LogP contribution in [0.2, 0.25) is 0 Å². The third-order valence-corrected chi connectivity index (χ3v) is 7.73. The van der Waals surface area contributed by atoms with Crippen molar-refractivity contribution in [3.63, 3.8) is 0 Å². The number of anilines is 1. The third kappa shape index (κ3) is 5.32. The molecule has 1 N–H and O–H groups in total. The first kappa shape index (κ1) is 24.1. The Balaban J connectivity index is 1.40. The van der Waals surface area contributed by atoms with Crippen LogP contribution in [0.25, 0.3) is 0 Å². The summed E-state index contributed by atoms with van der Waals surface area (Å²) in [6.45, 7) is 2.60. The summed E-state index contributed by atoms with van der Waals surface area (Å²) in [5, 5.41) is 3.22. The van der Waals surface area contributed by atoms with Gasteiger partial charge in [0.25, 0.3) is 0 Å². The summed E-state index contributed by atoms with van der Waals surface area (Å²) in [5.74, 6) is -0.761. The molecule has 0 unspecified atom stereocenters. The molecule has 3 aliphatic rings. The average Bonchev–Trinajstić information content (AvgIpc) is 2.84. The zero-order chi connectivity index (χ0) is 24.6. The van der Waals surface area contributed by atoms with E-state index in [0.717, 1.165) is 43.0 Å². The highest BCUT2D eigenvalue weighted by Gasteiger charge is 2.43. The van der Waals surface area contributed by atoms with Crippen LogP contribution in [0.1, 0.15) is 48.8 Å². The number of piperazine rings is 1. The molecule has 4 nitrogen and oxygen atoms in total. The maximum absolute atomic E-state index is 13.5. The number of halogens is 4. The summed E-state index contributed by atoms with van der Waals surface area (Å²) < 4.78 is 53.6. The lowest BCUT2D eigenvalue weighted by Gasteiger charge is -2.49. The van der Waals surface area contributed by atoms with Crippen molar-refractivity contribution in [3.8, 4) is 0 Å². The number of nitrogens with zero attached hydrogens (tertiary/aromatic N) is 2. The normalized spacial score (nSPS) is 23.5. The second-order valence-electron chi connectivity index (χ2n) is 10.1. The number of hydrogen-bond acceptors (Lipinski definition) is 3. The van der Waals surface area contributed by atoms with Gasteiger partial charge < -0.3 is 10.2 Å². The fourth-order valence-electron chi connectivity index (χ4n) is 5.91. The Hall–Kier alpha value is -2.61. The Morgan fingerprint density at radius 2 is 1.74 bits per heavy atom. The van der Waals surface area contributed by atoms with Crippen LogP contribution in [0.15, 0.2) is 42.5 Å². The summed E-state index contributed by atoms with van der Waals surface area (Å²) in [6.07, 6.45) is 1.15. The molecule has 8 heteroatoms. The zero-order valence-corrected chi connectivity index (χ0v) is 19.7. The summed E-state index contributed by atoms with van der Waals surface area (Å²) >= 11 is 0.